The molecule has 2 aliphatic heterocycles. The van der Waals surface area contributed by atoms with Crippen molar-refractivity contribution < 1.29 is 19.1 Å². The zero-order chi connectivity index (χ0) is 20.4. The predicted octanol–water partition coefficient (Wildman–Crippen LogP) is 2.34. The van der Waals surface area contributed by atoms with Crippen LogP contribution in [0.25, 0.3) is 0 Å². The number of hydrogen-bond donors (Lipinski definition) is 1. The third kappa shape index (κ3) is 3.38. The van der Waals surface area contributed by atoms with Crippen LogP contribution in [-0.2, 0) is 9.53 Å². The Bertz CT molecular complexity index is 959. The van der Waals surface area contributed by atoms with Crippen LogP contribution in [0.4, 0.5) is 5.69 Å². The Morgan fingerprint density at radius 2 is 1.76 bits per heavy atom. The Morgan fingerprint density at radius 1 is 1.03 bits per heavy atom. The minimum Gasteiger partial charge on any atom is -0.385 e. The number of para-hydroxylation sites is 1. The molecule has 7 heteroatoms. The maximum Gasteiger partial charge on any atom is 0.260 e. The fraction of sp³-hybridized carbons (Fsp3) is 0.318. The van der Waals surface area contributed by atoms with Crippen molar-refractivity contribution in [1.29, 1.82) is 0 Å². The van der Waals surface area contributed by atoms with Crippen molar-refractivity contribution in [2.24, 2.45) is 0 Å². The van der Waals surface area contributed by atoms with Gasteiger partial charge in [0.05, 0.1) is 11.3 Å². The minimum absolute atomic E-state index is 0.125. The van der Waals surface area contributed by atoms with E-state index in [9.17, 15) is 14.4 Å². The fourth-order valence-corrected chi connectivity index (χ4v) is 3.95. The number of rotatable bonds is 7. The molecule has 0 bridgehead atoms. The lowest BCUT2D eigenvalue weighted by molar-refractivity contribution is -0.121. The zero-order valence-electron chi connectivity index (χ0n) is 16.3. The molecule has 0 unspecified atom stereocenters. The van der Waals surface area contributed by atoms with Gasteiger partial charge in [-0.25, -0.2) is 0 Å². The Kier molecular flexibility index (Phi) is 5.31. The molecule has 0 aliphatic carbocycles. The van der Waals surface area contributed by atoms with Crippen LogP contribution in [0.1, 0.15) is 45.3 Å². The maximum atomic E-state index is 13.2. The highest BCUT2D eigenvalue weighted by Crippen LogP contribution is 2.45. The van der Waals surface area contributed by atoms with Gasteiger partial charge in [-0.2, -0.15) is 0 Å². The number of nitrogens with one attached hydrogen (secondary N) is 1. The highest BCUT2D eigenvalue weighted by molar-refractivity contribution is 6.16. The normalized spacial score (nSPS) is 17.1. The summed E-state index contributed by atoms with van der Waals surface area (Å²) in [5.74, 6) is -0.421. The highest BCUT2D eigenvalue weighted by Gasteiger charge is 2.47. The second-order valence-corrected chi connectivity index (χ2v) is 7.10. The number of carbonyl (C=O) groups is 3. The molecule has 4 rings (SSSR count). The highest BCUT2D eigenvalue weighted by atomic mass is 16.5. The van der Waals surface area contributed by atoms with Crippen molar-refractivity contribution in [2.75, 3.05) is 31.7 Å². The number of hydrogen-bond acceptors (Lipinski definition) is 4. The van der Waals surface area contributed by atoms with Crippen molar-refractivity contribution >= 4 is 23.4 Å². The molecule has 29 heavy (non-hydrogen) atoms. The van der Waals surface area contributed by atoms with Crippen LogP contribution in [-0.4, -0.2) is 49.4 Å². The van der Waals surface area contributed by atoms with E-state index in [1.807, 2.05) is 24.3 Å². The molecule has 3 amide bonds. The third-order valence-electron chi connectivity index (χ3n) is 5.31. The molecule has 0 spiro atoms. The predicted molar refractivity (Wildman–Crippen MR) is 108 cm³/mol. The first-order chi connectivity index (χ1) is 14.1. The van der Waals surface area contributed by atoms with Gasteiger partial charge in [-0.05, 0) is 24.6 Å². The van der Waals surface area contributed by atoms with E-state index in [-0.39, 0.29) is 30.7 Å². The summed E-state index contributed by atoms with van der Waals surface area (Å²) in [7, 11) is 1.62. The molecule has 0 radical (unpaired) electrons. The van der Waals surface area contributed by atoms with Crippen molar-refractivity contribution in [3.8, 4) is 0 Å². The number of benzene rings is 2. The van der Waals surface area contributed by atoms with Crippen LogP contribution < -0.4 is 10.2 Å². The van der Waals surface area contributed by atoms with Gasteiger partial charge in [0.25, 0.3) is 11.8 Å². The smallest absolute Gasteiger partial charge is 0.260 e. The summed E-state index contributed by atoms with van der Waals surface area (Å²) in [6.45, 7) is 1.34. The quantitative estimate of drug-likeness (QED) is 0.733. The van der Waals surface area contributed by atoms with Gasteiger partial charge in [0.1, 0.15) is 6.17 Å². The number of nitrogens with zero attached hydrogens (tertiary/aromatic N) is 2. The van der Waals surface area contributed by atoms with Gasteiger partial charge in [-0.1, -0.05) is 30.3 Å². The second-order valence-electron chi connectivity index (χ2n) is 7.10. The maximum absolute atomic E-state index is 13.2. The van der Waals surface area contributed by atoms with E-state index in [0.717, 1.165) is 12.0 Å². The average Bonchev–Trinajstić information content (AvgIpc) is 3.04. The SMILES string of the molecule is COCCCNC(=O)CCN1C(=O)c2ccccc2N2C(=O)c3ccccc3[C@@H]12. The Balaban J connectivity index is 1.59. The largest absolute Gasteiger partial charge is 0.385 e. The van der Waals surface area contributed by atoms with E-state index in [0.29, 0.717) is 30.0 Å². The van der Waals surface area contributed by atoms with Gasteiger partial charge in [0.15, 0.2) is 0 Å². The van der Waals surface area contributed by atoms with Crippen LogP contribution in [0.15, 0.2) is 48.5 Å². The summed E-state index contributed by atoms with van der Waals surface area (Å²) >= 11 is 0. The van der Waals surface area contributed by atoms with Crippen LogP contribution >= 0.6 is 0 Å². The van der Waals surface area contributed by atoms with Gasteiger partial charge in [0.2, 0.25) is 5.91 Å². The monoisotopic (exact) mass is 393 g/mol. The lowest BCUT2D eigenvalue weighted by atomic mass is 10.0. The summed E-state index contributed by atoms with van der Waals surface area (Å²) in [5.41, 5.74) is 2.48. The first kappa shape index (κ1) is 19.1. The molecule has 0 saturated heterocycles. The van der Waals surface area contributed by atoms with Crippen molar-refractivity contribution in [1.82, 2.24) is 10.2 Å². The van der Waals surface area contributed by atoms with Crippen molar-refractivity contribution in [2.45, 2.75) is 19.0 Å². The summed E-state index contributed by atoms with van der Waals surface area (Å²) in [6.07, 6.45) is 0.375. The zero-order valence-corrected chi connectivity index (χ0v) is 16.3. The molecular formula is C22H23N3O4. The topological polar surface area (TPSA) is 79.0 Å². The average molecular weight is 393 g/mol. The molecule has 7 nitrogen and oxygen atoms in total. The molecule has 2 aromatic rings. The molecule has 150 valence electrons. The van der Waals surface area contributed by atoms with E-state index in [2.05, 4.69) is 5.32 Å². The van der Waals surface area contributed by atoms with Gasteiger partial charge in [-0.3, -0.25) is 19.3 Å². The van der Waals surface area contributed by atoms with E-state index < -0.39 is 6.17 Å². The molecule has 2 heterocycles. The molecule has 2 aromatic carbocycles. The van der Waals surface area contributed by atoms with Gasteiger partial charge < -0.3 is 15.0 Å². The van der Waals surface area contributed by atoms with E-state index >= 15 is 0 Å². The standard InChI is InChI=1S/C22H23N3O4/c1-29-14-6-12-23-19(26)11-13-24-20-15-7-2-3-8-16(15)22(28)25(20)18-10-5-4-9-17(18)21(24)27/h2-5,7-10,20H,6,11-14H2,1H3,(H,23,26)/t20-/m0/s1. The molecule has 0 fully saturated rings. The number of ether oxygens (including phenoxy) is 1. The Hall–Kier alpha value is -3.19. The van der Waals surface area contributed by atoms with Gasteiger partial charge >= 0.3 is 0 Å². The second kappa shape index (κ2) is 8.05. The van der Waals surface area contributed by atoms with Gasteiger partial charge in [-0.15, -0.1) is 0 Å². The molecule has 0 saturated carbocycles. The summed E-state index contributed by atoms with van der Waals surface area (Å²) in [4.78, 5) is 41.8. The van der Waals surface area contributed by atoms with Crippen LogP contribution in [0.5, 0.6) is 0 Å². The lowest BCUT2D eigenvalue weighted by Gasteiger charge is -2.40. The lowest BCUT2D eigenvalue weighted by Crippen LogP contribution is -2.49. The number of methoxy groups -OCH3 is 1. The van der Waals surface area contributed by atoms with E-state index in [1.165, 1.54) is 0 Å². The number of amides is 3. The molecule has 1 atom stereocenters. The molecular weight excluding hydrogens is 370 g/mol. The summed E-state index contributed by atoms with van der Waals surface area (Å²) in [6, 6.07) is 14.5. The van der Waals surface area contributed by atoms with Crippen LogP contribution in [0.3, 0.4) is 0 Å². The Morgan fingerprint density at radius 3 is 2.55 bits per heavy atom. The van der Waals surface area contributed by atoms with Crippen LogP contribution in [0.2, 0.25) is 0 Å². The fourth-order valence-electron chi connectivity index (χ4n) is 3.95. The first-order valence-electron chi connectivity index (χ1n) is 9.71. The molecule has 0 aromatic heterocycles. The van der Waals surface area contributed by atoms with Gasteiger partial charge in [0, 0.05) is 44.4 Å². The molecule has 2 aliphatic rings. The summed E-state index contributed by atoms with van der Waals surface area (Å²) < 4.78 is 4.98. The number of anilines is 1. The third-order valence-corrected chi connectivity index (χ3v) is 5.31. The summed E-state index contributed by atoms with van der Waals surface area (Å²) in [5, 5.41) is 2.84. The first-order valence-corrected chi connectivity index (χ1v) is 9.71. The van der Waals surface area contributed by atoms with Crippen LogP contribution in [0, 0.1) is 0 Å². The van der Waals surface area contributed by atoms with E-state index in [1.54, 1.807) is 41.2 Å². The number of fused-ring (bicyclic) bond motifs is 5. The molecule has 1 N–H and O–H groups in total. The van der Waals surface area contributed by atoms with Crippen molar-refractivity contribution in [3.05, 3.63) is 65.2 Å². The number of carbonyl (C=O) groups excluding carboxylic acids is 3. The Labute approximate surface area is 169 Å². The van der Waals surface area contributed by atoms with Crippen molar-refractivity contribution in [3.63, 3.8) is 0 Å². The minimum atomic E-state index is -0.526. The van der Waals surface area contributed by atoms with E-state index in [4.69, 9.17) is 4.74 Å².